The molecule has 26 heavy (non-hydrogen) atoms. The normalized spacial score (nSPS) is 18.1. The lowest BCUT2D eigenvalue weighted by molar-refractivity contribution is 0.0987. The monoisotopic (exact) mass is 349 g/mol. The number of aromatic amines is 1. The fourth-order valence-electron chi connectivity index (χ4n) is 3.54. The van der Waals surface area contributed by atoms with Gasteiger partial charge in [-0.3, -0.25) is 4.68 Å². The van der Waals surface area contributed by atoms with E-state index in [4.69, 9.17) is 14.7 Å². The van der Waals surface area contributed by atoms with E-state index in [-0.39, 0.29) is 6.04 Å². The Morgan fingerprint density at radius 3 is 3.04 bits per heavy atom. The van der Waals surface area contributed by atoms with Crippen LogP contribution in [-0.4, -0.2) is 55.5 Å². The highest BCUT2D eigenvalue weighted by Crippen LogP contribution is 2.31. The van der Waals surface area contributed by atoms with Gasteiger partial charge in [-0.25, -0.2) is 15.0 Å². The van der Waals surface area contributed by atoms with Gasteiger partial charge in [0, 0.05) is 36.9 Å². The number of nitrogens with one attached hydrogen (secondary N) is 1. The van der Waals surface area contributed by atoms with Gasteiger partial charge in [-0.1, -0.05) is 0 Å². The molecule has 1 N–H and O–H groups in total. The Hall–Kier alpha value is -3.00. The Bertz CT molecular complexity index is 1100. The molecule has 0 aromatic carbocycles. The number of nitrogens with zero attached hydrogens (tertiary/aromatic N) is 6. The number of hydrogen-bond acceptors (Lipinski definition) is 6. The van der Waals surface area contributed by atoms with E-state index in [1.54, 1.807) is 10.9 Å². The van der Waals surface area contributed by atoms with Gasteiger partial charge in [0.1, 0.15) is 11.5 Å². The highest BCUT2D eigenvalue weighted by Gasteiger charge is 2.25. The summed E-state index contributed by atoms with van der Waals surface area (Å²) < 4.78 is 7.39. The minimum absolute atomic E-state index is 0.250. The maximum atomic E-state index is 5.59. The van der Waals surface area contributed by atoms with Crippen LogP contribution in [0.4, 0.5) is 5.82 Å². The third-order valence-electron chi connectivity index (χ3n) is 4.91. The number of fused-ring (bicyclic) bond motifs is 2. The minimum Gasteiger partial charge on any atom is -0.377 e. The number of H-pyrrole nitrogens is 1. The van der Waals surface area contributed by atoms with Gasteiger partial charge in [-0.2, -0.15) is 5.10 Å². The molecule has 132 valence electrons. The molecule has 0 spiro atoms. The first-order chi connectivity index (χ1) is 12.7. The number of aromatic nitrogens is 6. The van der Waals surface area contributed by atoms with Gasteiger partial charge < -0.3 is 14.6 Å². The summed E-state index contributed by atoms with van der Waals surface area (Å²) in [5.41, 5.74) is 2.61. The van der Waals surface area contributed by atoms with Gasteiger partial charge in [-0.15, -0.1) is 0 Å². The second kappa shape index (κ2) is 5.77. The molecule has 1 fully saturated rings. The summed E-state index contributed by atoms with van der Waals surface area (Å²) in [5.74, 6) is 1.59. The van der Waals surface area contributed by atoms with Crippen LogP contribution in [0.3, 0.4) is 0 Å². The second-order valence-corrected chi connectivity index (χ2v) is 6.59. The van der Waals surface area contributed by atoms with Crippen LogP contribution in [0.15, 0.2) is 30.7 Å². The first-order valence-corrected chi connectivity index (χ1v) is 8.69. The quantitative estimate of drug-likeness (QED) is 0.597. The first-order valence-electron chi connectivity index (χ1n) is 8.69. The van der Waals surface area contributed by atoms with Crippen molar-refractivity contribution in [1.82, 2.24) is 29.7 Å². The SMILES string of the molecule is CC1COCCN1c1nc(-c2ccnc3[nH]ccc23)nc2c1cnn2C. The van der Waals surface area contributed by atoms with E-state index < -0.39 is 0 Å². The molecule has 0 radical (unpaired) electrons. The highest BCUT2D eigenvalue weighted by atomic mass is 16.5. The molecule has 0 bridgehead atoms. The molecule has 1 saturated heterocycles. The molecule has 5 rings (SSSR count). The van der Waals surface area contributed by atoms with Crippen LogP contribution in [-0.2, 0) is 11.8 Å². The molecule has 1 aliphatic rings. The van der Waals surface area contributed by atoms with Crippen LogP contribution in [0.2, 0.25) is 0 Å². The number of hydrogen-bond donors (Lipinski definition) is 1. The molecule has 8 heteroatoms. The van der Waals surface area contributed by atoms with E-state index in [1.165, 1.54) is 0 Å². The van der Waals surface area contributed by atoms with Crippen molar-refractivity contribution in [3.05, 3.63) is 30.7 Å². The van der Waals surface area contributed by atoms with Crippen molar-refractivity contribution in [2.45, 2.75) is 13.0 Å². The van der Waals surface area contributed by atoms with Crippen LogP contribution in [0.1, 0.15) is 6.92 Å². The van der Waals surface area contributed by atoms with Gasteiger partial charge in [0.05, 0.1) is 30.8 Å². The first kappa shape index (κ1) is 15.3. The van der Waals surface area contributed by atoms with E-state index in [9.17, 15) is 0 Å². The van der Waals surface area contributed by atoms with E-state index >= 15 is 0 Å². The van der Waals surface area contributed by atoms with Crippen molar-refractivity contribution in [2.75, 3.05) is 24.7 Å². The molecule has 4 aromatic rings. The zero-order valence-electron chi connectivity index (χ0n) is 14.7. The third kappa shape index (κ3) is 2.26. The summed E-state index contributed by atoms with van der Waals surface area (Å²) >= 11 is 0. The number of morpholine rings is 1. The number of rotatable bonds is 2. The van der Waals surface area contributed by atoms with Gasteiger partial charge in [-0.05, 0) is 19.1 Å². The summed E-state index contributed by atoms with van der Waals surface area (Å²) in [5, 5.41) is 6.37. The smallest absolute Gasteiger partial charge is 0.164 e. The molecule has 5 heterocycles. The zero-order chi connectivity index (χ0) is 17.7. The largest absolute Gasteiger partial charge is 0.377 e. The highest BCUT2D eigenvalue weighted by molar-refractivity contribution is 5.94. The van der Waals surface area contributed by atoms with Crippen LogP contribution in [0.25, 0.3) is 33.5 Å². The van der Waals surface area contributed by atoms with Crippen molar-refractivity contribution < 1.29 is 4.74 Å². The van der Waals surface area contributed by atoms with Gasteiger partial charge >= 0.3 is 0 Å². The van der Waals surface area contributed by atoms with Crippen molar-refractivity contribution in [1.29, 1.82) is 0 Å². The summed E-state index contributed by atoms with van der Waals surface area (Å²) in [6.45, 7) is 4.35. The molecule has 0 aliphatic carbocycles. The fraction of sp³-hybridized carbons (Fsp3) is 0.333. The van der Waals surface area contributed by atoms with Crippen LogP contribution in [0.5, 0.6) is 0 Å². The number of pyridine rings is 1. The van der Waals surface area contributed by atoms with E-state index in [1.807, 2.05) is 31.6 Å². The average molecular weight is 349 g/mol. The predicted molar refractivity (Wildman–Crippen MR) is 99.0 cm³/mol. The number of ether oxygens (including phenoxy) is 1. The van der Waals surface area contributed by atoms with Crippen molar-refractivity contribution in [2.24, 2.45) is 7.05 Å². The molecule has 1 aliphatic heterocycles. The maximum Gasteiger partial charge on any atom is 0.164 e. The summed E-state index contributed by atoms with van der Waals surface area (Å²) in [6.07, 6.45) is 5.51. The fourth-order valence-corrected chi connectivity index (χ4v) is 3.54. The average Bonchev–Trinajstić information content (AvgIpc) is 3.28. The van der Waals surface area contributed by atoms with E-state index in [0.717, 1.165) is 40.0 Å². The van der Waals surface area contributed by atoms with E-state index in [0.29, 0.717) is 19.0 Å². The standard InChI is InChI=1S/C18H19N7O/c1-11-10-26-8-7-25(11)18-14-9-21-24(2)17(14)22-16(23-18)13-4-6-20-15-12(13)3-5-19-15/h3-6,9,11H,7-8,10H2,1-2H3,(H,19,20). The topological polar surface area (TPSA) is 84.8 Å². The van der Waals surface area contributed by atoms with Crippen LogP contribution in [0, 0.1) is 0 Å². The molecule has 4 aromatic heterocycles. The van der Waals surface area contributed by atoms with E-state index in [2.05, 4.69) is 26.9 Å². The Morgan fingerprint density at radius 2 is 2.15 bits per heavy atom. The zero-order valence-corrected chi connectivity index (χ0v) is 14.7. The third-order valence-corrected chi connectivity index (χ3v) is 4.91. The van der Waals surface area contributed by atoms with Gasteiger partial charge in [0.15, 0.2) is 11.5 Å². The maximum absolute atomic E-state index is 5.59. The predicted octanol–water partition coefficient (Wildman–Crippen LogP) is 2.13. The molecule has 8 nitrogen and oxygen atoms in total. The van der Waals surface area contributed by atoms with Crippen molar-refractivity contribution in [3.8, 4) is 11.4 Å². The minimum atomic E-state index is 0.250. The van der Waals surface area contributed by atoms with Crippen molar-refractivity contribution in [3.63, 3.8) is 0 Å². The molecular formula is C18H19N7O. The van der Waals surface area contributed by atoms with Gasteiger partial charge in [0.2, 0.25) is 0 Å². The second-order valence-electron chi connectivity index (χ2n) is 6.59. The molecule has 1 atom stereocenters. The molecule has 0 saturated carbocycles. The molecule has 1 unspecified atom stereocenters. The lowest BCUT2D eigenvalue weighted by Crippen LogP contribution is -2.44. The number of aryl methyl sites for hydroxylation is 1. The molecular weight excluding hydrogens is 330 g/mol. The Kier molecular flexibility index (Phi) is 3.39. The van der Waals surface area contributed by atoms with Gasteiger partial charge in [0.25, 0.3) is 0 Å². The number of anilines is 1. The Labute approximate surface area is 149 Å². The summed E-state index contributed by atoms with van der Waals surface area (Å²) in [7, 11) is 1.91. The van der Waals surface area contributed by atoms with Crippen LogP contribution < -0.4 is 4.90 Å². The Balaban J connectivity index is 1.76. The molecule has 0 amide bonds. The lowest BCUT2D eigenvalue weighted by atomic mass is 10.1. The van der Waals surface area contributed by atoms with Crippen LogP contribution >= 0.6 is 0 Å². The summed E-state index contributed by atoms with van der Waals surface area (Å²) in [6, 6.07) is 4.21. The lowest BCUT2D eigenvalue weighted by Gasteiger charge is -2.34. The Morgan fingerprint density at radius 1 is 1.23 bits per heavy atom. The summed E-state index contributed by atoms with van der Waals surface area (Å²) in [4.78, 5) is 19.6. The van der Waals surface area contributed by atoms with Crippen molar-refractivity contribution >= 4 is 27.9 Å².